The molecule has 68 valence electrons. The number of ether oxygens (including phenoxy) is 1. The minimum absolute atomic E-state index is 0.169. The van der Waals surface area contributed by atoms with Crippen LogP contribution in [-0.4, -0.2) is 44.3 Å². The average Bonchev–Trinajstić information content (AvgIpc) is 1.99. The van der Waals surface area contributed by atoms with Crippen molar-refractivity contribution in [2.24, 2.45) is 5.73 Å². The Bertz CT molecular complexity index is 92.1. The van der Waals surface area contributed by atoms with Crippen LogP contribution < -0.4 is 5.73 Å². The lowest BCUT2D eigenvalue weighted by Crippen LogP contribution is -2.38. The van der Waals surface area contributed by atoms with Crippen molar-refractivity contribution < 1.29 is 4.74 Å². The van der Waals surface area contributed by atoms with Crippen LogP contribution in [0, 0.1) is 0 Å². The fourth-order valence-corrected chi connectivity index (χ4v) is 0.777. The molecule has 0 aliphatic carbocycles. The summed E-state index contributed by atoms with van der Waals surface area (Å²) in [6, 6.07) is 0.555. The highest BCUT2D eigenvalue weighted by Crippen LogP contribution is 1.97. The molecule has 0 aromatic carbocycles. The van der Waals surface area contributed by atoms with E-state index >= 15 is 0 Å². The Morgan fingerprint density at radius 2 is 2.00 bits per heavy atom. The Balaban J connectivity index is 3.62. The van der Waals surface area contributed by atoms with Gasteiger partial charge in [-0.25, -0.2) is 0 Å². The van der Waals surface area contributed by atoms with Crippen LogP contribution in [0.5, 0.6) is 0 Å². The summed E-state index contributed by atoms with van der Waals surface area (Å²) >= 11 is 0. The zero-order chi connectivity index (χ0) is 8.85. The normalized spacial score (nSPS) is 14.5. The van der Waals surface area contributed by atoms with Gasteiger partial charge in [0.2, 0.25) is 0 Å². The maximum Gasteiger partial charge on any atom is 0.0820 e. The topological polar surface area (TPSA) is 38.5 Å². The first-order valence-electron chi connectivity index (χ1n) is 4.05. The summed E-state index contributed by atoms with van der Waals surface area (Å²) in [5, 5.41) is 0. The van der Waals surface area contributed by atoms with Crippen molar-refractivity contribution in [2.75, 3.05) is 27.2 Å². The highest BCUT2D eigenvalue weighted by molar-refractivity contribution is 4.65. The molecule has 0 saturated carbocycles. The lowest BCUT2D eigenvalue weighted by Gasteiger charge is -2.25. The van der Waals surface area contributed by atoms with Gasteiger partial charge in [0, 0.05) is 26.2 Å². The van der Waals surface area contributed by atoms with Crippen molar-refractivity contribution in [3.05, 3.63) is 0 Å². The molecule has 11 heavy (non-hydrogen) atoms. The number of likely N-dealkylation sites (N-methyl/N-ethyl adjacent to an activating group) is 1. The number of rotatable bonds is 5. The minimum Gasteiger partial charge on any atom is -0.379 e. The first kappa shape index (κ1) is 10.9. The van der Waals surface area contributed by atoms with Crippen LogP contribution in [0.1, 0.15) is 13.8 Å². The van der Waals surface area contributed by atoms with Gasteiger partial charge in [-0.2, -0.15) is 0 Å². The molecule has 0 fully saturated rings. The van der Waals surface area contributed by atoms with Crippen molar-refractivity contribution >= 4 is 0 Å². The van der Waals surface area contributed by atoms with E-state index in [0.717, 1.165) is 6.54 Å². The van der Waals surface area contributed by atoms with Gasteiger partial charge in [0.15, 0.2) is 0 Å². The molecule has 1 unspecified atom stereocenters. The highest BCUT2D eigenvalue weighted by atomic mass is 16.5. The summed E-state index contributed by atoms with van der Waals surface area (Å²) in [5.41, 5.74) is 5.48. The van der Waals surface area contributed by atoms with Crippen molar-refractivity contribution in [1.82, 2.24) is 4.90 Å². The van der Waals surface area contributed by atoms with E-state index in [4.69, 9.17) is 10.5 Å². The van der Waals surface area contributed by atoms with Crippen molar-refractivity contribution in [1.29, 1.82) is 0 Å². The quantitative estimate of drug-likeness (QED) is 0.628. The summed E-state index contributed by atoms with van der Waals surface area (Å²) < 4.78 is 5.15. The Hall–Kier alpha value is -0.120. The molecule has 3 nitrogen and oxygen atoms in total. The van der Waals surface area contributed by atoms with E-state index in [1.54, 1.807) is 7.11 Å². The molecule has 0 rings (SSSR count). The number of nitrogens with zero attached hydrogens (tertiary/aromatic N) is 1. The van der Waals surface area contributed by atoms with Crippen LogP contribution in [0.3, 0.4) is 0 Å². The van der Waals surface area contributed by atoms with Gasteiger partial charge in [0.1, 0.15) is 0 Å². The van der Waals surface area contributed by atoms with E-state index in [0.29, 0.717) is 12.6 Å². The van der Waals surface area contributed by atoms with E-state index in [1.165, 1.54) is 0 Å². The summed E-state index contributed by atoms with van der Waals surface area (Å²) in [6.45, 7) is 5.81. The largest absolute Gasteiger partial charge is 0.379 e. The molecule has 0 radical (unpaired) electrons. The third-order valence-electron chi connectivity index (χ3n) is 1.97. The van der Waals surface area contributed by atoms with Crippen LogP contribution in [0.25, 0.3) is 0 Å². The maximum atomic E-state index is 5.48. The van der Waals surface area contributed by atoms with Gasteiger partial charge >= 0.3 is 0 Å². The van der Waals surface area contributed by atoms with Crippen LogP contribution in [0.15, 0.2) is 0 Å². The first-order chi connectivity index (χ1) is 5.11. The lowest BCUT2D eigenvalue weighted by molar-refractivity contribution is 0.0695. The van der Waals surface area contributed by atoms with Crippen LogP contribution in [0.2, 0.25) is 0 Å². The third kappa shape index (κ3) is 4.35. The molecular formula is C8H20N2O. The Morgan fingerprint density at radius 3 is 2.27 bits per heavy atom. The molecule has 2 N–H and O–H groups in total. The Kier molecular flexibility index (Phi) is 5.46. The minimum atomic E-state index is 0.169. The molecule has 0 aromatic rings. The fraction of sp³-hybridized carbons (Fsp3) is 1.00. The SMILES string of the molecule is COC(CN)CN(C)C(C)C. The summed E-state index contributed by atoms with van der Waals surface area (Å²) in [4.78, 5) is 2.22. The number of methoxy groups -OCH3 is 1. The van der Waals surface area contributed by atoms with Gasteiger partial charge in [-0.3, -0.25) is 0 Å². The summed E-state index contributed by atoms with van der Waals surface area (Å²) in [6.07, 6.45) is 0.169. The van der Waals surface area contributed by atoms with Crippen molar-refractivity contribution in [3.63, 3.8) is 0 Å². The standard InChI is InChI=1S/C8H20N2O/c1-7(2)10(3)6-8(5-9)11-4/h7-8H,5-6,9H2,1-4H3. The zero-order valence-electron chi connectivity index (χ0n) is 8.00. The van der Waals surface area contributed by atoms with Gasteiger partial charge in [0.25, 0.3) is 0 Å². The number of hydrogen-bond acceptors (Lipinski definition) is 3. The summed E-state index contributed by atoms with van der Waals surface area (Å²) in [7, 11) is 3.78. The van der Waals surface area contributed by atoms with Crippen LogP contribution in [-0.2, 0) is 4.74 Å². The molecule has 0 bridgehead atoms. The predicted octanol–water partition coefficient (Wildman–Crippen LogP) is 0.300. The van der Waals surface area contributed by atoms with Gasteiger partial charge in [0.05, 0.1) is 6.10 Å². The van der Waals surface area contributed by atoms with Crippen LogP contribution >= 0.6 is 0 Å². The second kappa shape index (κ2) is 5.52. The molecule has 3 heteroatoms. The molecule has 0 aromatic heterocycles. The maximum absolute atomic E-state index is 5.48. The van der Waals surface area contributed by atoms with Gasteiger partial charge < -0.3 is 15.4 Å². The molecule has 0 aliphatic rings. The fourth-order valence-electron chi connectivity index (χ4n) is 0.777. The van der Waals surface area contributed by atoms with E-state index in [2.05, 4.69) is 25.8 Å². The molecule has 1 atom stereocenters. The number of hydrogen-bond donors (Lipinski definition) is 1. The monoisotopic (exact) mass is 160 g/mol. The summed E-state index contributed by atoms with van der Waals surface area (Å²) in [5.74, 6) is 0. The smallest absolute Gasteiger partial charge is 0.0820 e. The van der Waals surface area contributed by atoms with E-state index in [1.807, 2.05) is 0 Å². The molecular weight excluding hydrogens is 140 g/mol. The number of nitrogens with two attached hydrogens (primary N) is 1. The lowest BCUT2D eigenvalue weighted by atomic mass is 10.3. The predicted molar refractivity (Wildman–Crippen MR) is 47.6 cm³/mol. The van der Waals surface area contributed by atoms with Gasteiger partial charge in [-0.1, -0.05) is 0 Å². The van der Waals surface area contributed by atoms with Crippen LogP contribution in [0.4, 0.5) is 0 Å². The zero-order valence-corrected chi connectivity index (χ0v) is 8.00. The average molecular weight is 160 g/mol. The molecule has 0 saturated heterocycles. The van der Waals surface area contributed by atoms with Gasteiger partial charge in [-0.05, 0) is 20.9 Å². The second-order valence-electron chi connectivity index (χ2n) is 3.13. The molecule has 0 amide bonds. The molecule has 0 spiro atoms. The first-order valence-corrected chi connectivity index (χ1v) is 4.05. The van der Waals surface area contributed by atoms with E-state index < -0.39 is 0 Å². The Labute approximate surface area is 69.5 Å². The molecule has 0 aliphatic heterocycles. The van der Waals surface area contributed by atoms with E-state index in [-0.39, 0.29) is 6.10 Å². The van der Waals surface area contributed by atoms with Gasteiger partial charge in [-0.15, -0.1) is 0 Å². The second-order valence-corrected chi connectivity index (χ2v) is 3.13. The Morgan fingerprint density at radius 1 is 1.45 bits per heavy atom. The van der Waals surface area contributed by atoms with Crippen molar-refractivity contribution in [3.8, 4) is 0 Å². The van der Waals surface area contributed by atoms with Crippen molar-refractivity contribution in [2.45, 2.75) is 26.0 Å². The highest BCUT2D eigenvalue weighted by Gasteiger charge is 2.10. The molecule has 0 heterocycles. The van der Waals surface area contributed by atoms with E-state index in [9.17, 15) is 0 Å². The third-order valence-corrected chi connectivity index (χ3v) is 1.97.